The number of Topliss-reactive ketones (excluding diaryl/α,β-unsaturated/α-hetero) is 1. The summed E-state index contributed by atoms with van der Waals surface area (Å²) in [7, 11) is 0. The van der Waals surface area contributed by atoms with E-state index in [4.69, 9.17) is 5.41 Å². The number of phenolic OH excluding ortho intramolecular Hbond substituents is 1. The van der Waals surface area contributed by atoms with Crippen molar-refractivity contribution >= 4 is 28.6 Å². The summed E-state index contributed by atoms with van der Waals surface area (Å²) in [5.41, 5.74) is 2.88. The van der Waals surface area contributed by atoms with E-state index in [9.17, 15) is 9.90 Å². The van der Waals surface area contributed by atoms with Crippen molar-refractivity contribution in [3.63, 3.8) is 0 Å². The molecule has 1 aliphatic rings. The molecule has 2 aromatic carbocycles. The lowest BCUT2D eigenvalue weighted by Gasteiger charge is -2.28. The van der Waals surface area contributed by atoms with Gasteiger partial charge >= 0.3 is 0 Å². The van der Waals surface area contributed by atoms with Crippen molar-refractivity contribution < 1.29 is 9.90 Å². The molecule has 198 valence electrons. The average molecular weight is 558 g/mol. The minimum absolute atomic E-state index is 0. The van der Waals surface area contributed by atoms with E-state index in [1.54, 1.807) is 0 Å². The first-order chi connectivity index (χ1) is 16.2. The second-order valence-electron chi connectivity index (χ2n) is 12.8. The van der Waals surface area contributed by atoms with Crippen LogP contribution in [0.3, 0.4) is 0 Å². The van der Waals surface area contributed by atoms with Crippen molar-refractivity contribution in [2.75, 3.05) is 13.1 Å². The van der Waals surface area contributed by atoms with Gasteiger partial charge in [-0.25, -0.2) is 0 Å². The van der Waals surface area contributed by atoms with Crippen molar-refractivity contribution in [3.8, 4) is 5.75 Å². The molecule has 5 heteroatoms. The number of ketones is 1. The van der Waals surface area contributed by atoms with Gasteiger partial charge in [0.25, 0.3) is 0 Å². The van der Waals surface area contributed by atoms with E-state index >= 15 is 0 Å². The first-order valence-corrected chi connectivity index (χ1v) is 13.0. The van der Waals surface area contributed by atoms with Gasteiger partial charge < -0.3 is 10.0 Å². The Morgan fingerprint density at radius 3 is 2.03 bits per heavy atom. The molecule has 2 aromatic rings. The maximum atomic E-state index is 13.6. The third-order valence-corrected chi connectivity index (χ3v) is 7.17. The van der Waals surface area contributed by atoms with Crippen LogP contribution in [-0.2, 0) is 17.3 Å². The molecule has 0 bridgehead atoms. The van der Waals surface area contributed by atoms with Crippen LogP contribution in [0.4, 0.5) is 0 Å². The maximum Gasteiger partial charge on any atom is 0.182 e. The van der Waals surface area contributed by atoms with Crippen LogP contribution in [-0.4, -0.2) is 34.7 Å². The molecule has 1 aliphatic heterocycles. The van der Waals surface area contributed by atoms with Gasteiger partial charge in [-0.05, 0) is 53.2 Å². The summed E-state index contributed by atoms with van der Waals surface area (Å²) in [4.78, 5) is 15.6. The van der Waals surface area contributed by atoms with Crippen LogP contribution in [0, 0.1) is 23.2 Å². The van der Waals surface area contributed by atoms with Crippen LogP contribution in [0.2, 0.25) is 0 Å². The third kappa shape index (κ3) is 7.00. The molecule has 0 amide bonds. The minimum atomic E-state index is -0.288. The summed E-state index contributed by atoms with van der Waals surface area (Å²) in [6.07, 6.45) is 1.88. The van der Waals surface area contributed by atoms with E-state index in [0.29, 0.717) is 23.2 Å². The zero-order valence-electron chi connectivity index (χ0n) is 23.3. The van der Waals surface area contributed by atoms with Crippen molar-refractivity contribution in [2.45, 2.75) is 79.1 Å². The standard InChI is InChI=1S/C31H44N2O2.BrH/c1-20(2)14-23-18-33(29(32)24(23)15-21-12-10-9-11-13-21)19-27(34)22-16-25(30(3,4)5)28(35)26(17-22)31(6,7)8;/h9-13,16-17,20,23-24,32,35H,14-15,18-19H2,1-8H3;1H. The Kier molecular flexibility index (Phi) is 9.61. The topological polar surface area (TPSA) is 64.4 Å². The van der Waals surface area contributed by atoms with E-state index in [0.717, 1.165) is 30.5 Å². The van der Waals surface area contributed by atoms with Gasteiger partial charge in [0, 0.05) is 29.2 Å². The highest BCUT2D eigenvalue weighted by Crippen LogP contribution is 2.40. The van der Waals surface area contributed by atoms with Crippen molar-refractivity contribution in [1.29, 1.82) is 5.41 Å². The lowest BCUT2D eigenvalue weighted by molar-refractivity contribution is 0.0962. The van der Waals surface area contributed by atoms with E-state index < -0.39 is 0 Å². The number of nitrogens with one attached hydrogen (secondary N) is 1. The Morgan fingerprint density at radius 2 is 1.56 bits per heavy atom. The van der Waals surface area contributed by atoms with Gasteiger partial charge in [-0.1, -0.05) is 85.7 Å². The summed E-state index contributed by atoms with van der Waals surface area (Å²) in [5, 5.41) is 20.0. The van der Waals surface area contributed by atoms with E-state index in [-0.39, 0.29) is 51.8 Å². The molecule has 36 heavy (non-hydrogen) atoms. The van der Waals surface area contributed by atoms with Crippen molar-refractivity contribution in [1.82, 2.24) is 4.90 Å². The monoisotopic (exact) mass is 556 g/mol. The molecule has 0 radical (unpaired) electrons. The molecule has 2 atom stereocenters. The number of aromatic hydroxyl groups is 1. The normalized spacial score (nSPS) is 18.5. The van der Waals surface area contributed by atoms with Crippen LogP contribution in [0.5, 0.6) is 5.75 Å². The summed E-state index contributed by atoms with van der Waals surface area (Å²) in [6, 6.07) is 14.1. The number of hydrogen-bond donors (Lipinski definition) is 2. The highest BCUT2D eigenvalue weighted by molar-refractivity contribution is 8.93. The maximum absolute atomic E-state index is 13.6. The second kappa shape index (κ2) is 11.5. The highest BCUT2D eigenvalue weighted by Gasteiger charge is 2.38. The largest absolute Gasteiger partial charge is 0.507 e. The first-order valence-electron chi connectivity index (χ1n) is 13.0. The zero-order chi connectivity index (χ0) is 26.1. The van der Waals surface area contributed by atoms with Gasteiger partial charge in [-0.2, -0.15) is 0 Å². The van der Waals surface area contributed by atoms with Crippen LogP contribution in [0.25, 0.3) is 0 Å². The molecule has 3 rings (SSSR count). The second-order valence-corrected chi connectivity index (χ2v) is 12.8. The van der Waals surface area contributed by atoms with E-state index in [1.165, 1.54) is 5.56 Å². The number of amidine groups is 1. The number of carbonyl (C=O) groups excluding carboxylic acids is 1. The number of benzene rings is 2. The van der Waals surface area contributed by atoms with E-state index in [1.807, 2.05) is 23.1 Å². The fraction of sp³-hybridized carbons (Fsp3) is 0.548. The molecule has 2 N–H and O–H groups in total. The average Bonchev–Trinajstić information content (AvgIpc) is 3.01. The number of phenols is 1. The summed E-state index contributed by atoms with van der Waals surface area (Å²) < 4.78 is 0. The molecule has 0 aliphatic carbocycles. The molecule has 1 saturated heterocycles. The SMILES string of the molecule is Br.CC(C)CC1CN(CC(=O)c2cc(C(C)(C)C)c(O)c(C(C)(C)C)c2)C(=N)C1Cc1ccccc1. The van der Waals surface area contributed by atoms with Gasteiger partial charge in [0.15, 0.2) is 5.78 Å². The zero-order valence-corrected chi connectivity index (χ0v) is 25.0. The number of likely N-dealkylation sites (tertiary alicyclic amines) is 1. The number of hydrogen-bond acceptors (Lipinski definition) is 3. The molecule has 2 unspecified atom stereocenters. The molecule has 0 spiro atoms. The number of carbonyl (C=O) groups is 1. The predicted molar refractivity (Wildman–Crippen MR) is 156 cm³/mol. The van der Waals surface area contributed by atoms with Crippen molar-refractivity contribution in [3.05, 3.63) is 64.7 Å². The van der Waals surface area contributed by atoms with Crippen LogP contribution >= 0.6 is 17.0 Å². The number of nitrogens with zero attached hydrogens (tertiary/aromatic N) is 1. The van der Waals surface area contributed by atoms with E-state index in [2.05, 4.69) is 79.7 Å². The van der Waals surface area contributed by atoms with Crippen LogP contribution in [0.1, 0.15) is 88.9 Å². The fourth-order valence-electron chi connectivity index (χ4n) is 5.30. The Bertz CT molecular complexity index is 1030. The molecule has 1 heterocycles. The summed E-state index contributed by atoms with van der Waals surface area (Å²) in [6.45, 7) is 17.8. The molecule has 1 fully saturated rings. The highest BCUT2D eigenvalue weighted by atomic mass is 79.9. The number of rotatable bonds is 7. The molecule has 0 saturated carbocycles. The predicted octanol–water partition coefficient (Wildman–Crippen LogP) is 7.56. The third-order valence-electron chi connectivity index (χ3n) is 7.17. The van der Waals surface area contributed by atoms with Gasteiger partial charge in [0.05, 0.1) is 6.54 Å². The Balaban J connectivity index is 0.00000456. The van der Waals surface area contributed by atoms with Crippen molar-refractivity contribution in [2.24, 2.45) is 17.8 Å². The Labute approximate surface area is 228 Å². The Morgan fingerprint density at radius 1 is 1.03 bits per heavy atom. The van der Waals surface area contributed by atoms with Gasteiger partial charge in [-0.3, -0.25) is 10.2 Å². The fourth-order valence-corrected chi connectivity index (χ4v) is 5.30. The molecule has 0 aromatic heterocycles. The lowest BCUT2D eigenvalue weighted by Crippen LogP contribution is -2.33. The summed E-state index contributed by atoms with van der Waals surface area (Å²) in [5.74, 6) is 1.92. The quantitative estimate of drug-likeness (QED) is 0.345. The molecular weight excluding hydrogens is 512 g/mol. The van der Waals surface area contributed by atoms with Gasteiger partial charge in [0.2, 0.25) is 0 Å². The smallest absolute Gasteiger partial charge is 0.182 e. The minimum Gasteiger partial charge on any atom is -0.507 e. The van der Waals surface area contributed by atoms with Gasteiger partial charge in [-0.15, -0.1) is 17.0 Å². The number of halogens is 1. The summed E-state index contributed by atoms with van der Waals surface area (Å²) >= 11 is 0. The molecule has 4 nitrogen and oxygen atoms in total. The first kappa shape index (κ1) is 30.1. The lowest BCUT2D eigenvalue weighted by atomic mass is 9.78. The Hall–Kier alpha value is -2.14. The van der Waals surface area contributed by atoms with Gasteiger partial charge in [0.1, 0.15) is 11.6 Å². The van der Waals surface area contributed by atoms with Crippen LogP contribution < -0.4 is 0 Å². The van der Waals surface area contributed by atoms with Crippen LogP contribution in [0.15, 0.2) is 42.5 Å². The molecular formula is C31H45BrN2O2.